The van der Waals surface area contributed by atoms with Gasteiger partial charge in [-0.3, -0.25) is 4.68 Å². The molecule has 1 aromatic heterocycles. The Bertz CT molecular complexity index is 311. The summed E-state index contributed by atoms with van der Waals surface area (Å²) in [5.41, 5.74) is 5.90. The van der Waals surface area contributed by atoms with Crippen LogP contribution < -0.4 is 5.73 Å². The number of hydrogen-bond acceptors (Lipinski definition) is 5. The number of aromatic nitrogens is 2. The van der Waals surface area contributed by atoms with Crippen molar-refractivity contribution in [2.75, 3.05) is 12.3 Å². The van der Waals surface area contributed by atoms with Crippen LogP contribution in [0.3, 0.4) is 0 Å². The standard InChI is InChI=1S/C8H13N3O3/c1-2-14-8(13)7(12)5-11-4-6(9)3-10-11/h3-4,7,12H,2,5,9H2,1H3/t7-/m1/s1. The molecule has 0 unspecified atom stereocenters. The van der Waals surface area contributed by atoms with E-state index in [1.807, 2.05) is 0 Å². The first-order chi connectivity index (χ1) is 6.63. The molecule has 14 heavy (non-hydrogen) atoms. The van der Waals surface area contributed by atoms with Gasteiger partial charge in [-0.25, -0.2) is 4.79 Å². The molecule has 0 amide bonds. The molecule has 1 aromatic rings. The van der Waals surface area contributed by atoms with Crippen LogP contribution in [0.25, 0.3) is 0 Å². The van der Waals surface area contributed by atoms with Crippen LogP contribution in [0.5, 0.6) is 0 Å². The van der Waals surface area contributed by atoms with Gasteiger partial charge in [0, 0.05) is 6.20 Å². The van der Waals surface area contributed by atoms with Gasteiger partial charge in [0.05, 0.1) is 25.0 Å². The van der Waals surface area contributed by atoms with Gasteiger partial charge >= 0.3 is 5.97 Å². The van der Waals surface area contributed by atoms with Gasteiger partial charge in [-0.1, -0.05) is 0 Å². The number of nitrogens with zero attached hydrogens (tertiary/aromatic N) is 2. The van der Waals surface area contributed by atoms with Crippen LogP contribution in [-0.2, 0) is 16.1 Å². The van der Waals surface area contributed by atoms with E-state index < -0.39 is 12.1 Å². The summed E-state index contributed by atoms with van der Waals surface area (Å²) < 4.78 is 6.01. The van der Waals surface area contributed by atoms with Crippen molar-refractivity contribution in [3.63, 3.8) is 0 Å². The SMILES string of the molecule is CCOC(=O)[C@H](O)Cn1cc(N)cn1. The van der Waals surface area contributed by atoms with Crippen LogP contribution in [0, 0.1) is 0 Å². The predicted molar refractivity (Wildman–Crippen MR) is 49.3 cm³/mol. The molecule has 78 valence electrons. The van der Waals surface area contributed by atoms with Gasteiger partial charge in [-0.2, -0.15) is 5.10 Å². The van der Waals surface area contributed by atoms with E-state index >= 15 is 0 Å². The number of aliphatic hydroxyl groups excluding tert-OH is 1. The maximum absolute atomic E-state index is 11.0. The molecule has 6 heteroatoms. The van der Waals surface area contributed by atoms with Crippen molar-refractivity contribution in [1.82, 2.24) is 9.78 Å². The Kier molecular flexibility index (Phi) is 3.47. The van der Waals surface area contributed by atoms with Crippen molar-refractivity contribution in [1.29, 1.82) is 0 Å². The molecule has 0 saturated heterocycles. The van der Waals surface area contributed by atoms with Crippen molar-refractivity contribution < 1.29 is 14.6 Å². The molecule has 1 heterocycles. The Morgan fingerprint density at radius 2 is 2.57 bits per heavy atom. The molecule has 0 fully saturated rings. The minimum Gasteiger partial charge on any atom is -0.464 e. The maximum atomic E-state index is 11.0. The summed E-state index contributed by atoms with van der Waals surface area (Å²) in [5, 5.41) is 13.2. The fourth-order valence-corrected chi connectivity index (χ4v) is 0.970. The molecule has 0 aromatic carbocycles. The van der Waals surface area contributed by atoms with Gasteiger partial charge in [0.1, 0.15) is 0 Å². The number of anilines is 1. The second-order valence-corrected chi connectivity index (χ2v) is 2.76. The normalized spacial score (nSPS) is 12.4. The average molecular weight is 199 g/mol. The Morgan fingerprint density at radius 3 is 3.07 bits per heavy atom. The highest BCUT2D eigenvalue weighted by Gasteiger charge is 2.16. The van der Waals surface area contributed by atoms with Gasteiger partial charge in [0.2, 0.25) is 0 Å². The second kappa shape index (κ2) is 4.61. The van der Waals surface area contributed by atoms with Crippen LogP contribution in [-0.4, -0.2) is 33.6 Å². The summed E-state index contributed by atoms with van der Waals surface area (Å²) in [6, 6.07) is 0. The summed E-state index contributed by atoms with van der Waals surface area (Å²) >= 11 is 0. The van der Waals surface area contributed by atoms with E-state index in [-0.39, 0.29) is 13.2 Å². The van der Waals surface area contributed by atoms with Crippen molar-refractivity contribution in [2.45, 2.75) is 19.6 Å². The van der Waals surface area contributed by atoms with Gasteiger partial charge in [0.15, 0.2) is 6.10 Å². The average Bonchev–Trinajstić information content (AvgIpc) is 2.51. The first-order valence-corrected chi connectivity index (χ1v) is 4.26. The highest BCUT2D eigenvalue weighted by molar-refractivity contribution is 5.74. The van der Waals surface area contributed by atoms with Gasteiger partial charge in [-0.05, 0) is 6.92 Å². The predicted octanol–water partition coefficient (Wildman–Crippen LogP) is -0.611. The monoisotopic (exact) mass is 199 g/mol. The number of ether oxygens (including phenoxy) is 1. The molecular formula is C8H13N3O3. The molecule has 1 rings (SSSR count). The quantitative estimate of drug-likeness (QED) is 0.631. The van der Waals surface area contributed by atoms with Gasteiger partial charge in [-0.15, -0.1) is 0 Å². The highest BCUT2D eigenvalue weighted by Crippen LogP contribution is 2.00. The smallest absolute Gasteiger partial charge is 0.336 e. The molecule has 6 nitrogen and oxygen atoms in total. The number of carbonyl (C=O) groups is 1. The first kappa shape index (κ1) is 10.5. The maximum Gasteiger partial charge on any atom is 0.336 e. The lowest BCUT2D eigenvalue weighted by atomic mass is 10.3. The number of carbonyl (C=O) groups excluding carboxylic acids is 1. The molecule has 1 atom stereocenters. The lowest BCUT2D eigenvalue weighted by Crippen LogP contribution is -2.28. The zero-order valence-electron chi connectivity index (χ0n) is 7.88. The Balaban J connectivity index is 2.48. The van der Waals surface area contributed by atoms with Crippen molar-refractivity contribution in [3.05, 3.63) is 12.4 Å². The van der Waals surface area contributed by atoms with Crippen LogP contribution in [0.1, 0.15) is 6.92 Å². The molecule has 0 radical (unpaired) electrons. The van der Waals surface area contributed by atoms with Crippen molar-refractivity contribution in [2.24, 2.45) is 0 Å². The largest absolute Gasteiger partial charge is 0.464 e. The van der Waals surface area contributed by atoms with Crippen LogP contribution >= 0.6 is 0 Å². The number of nitrogens with two attached hydrogens (primary N) is 1. The zero-order chi connectivity index (χ0) is 10.6. The van der Waals surface area contributed by atoms with E-state index in [0.29, 0.717) is 5.69 Å². The number of rotatable bonds is 4. The molecule has 0 saturated carbocycles. The van der Waals surface area contributed by atoms with Gasteiger partial charge < -0.3 is 15.6 Å². The van der Waals surface area contributed by atoms with Crippen LogP contribution in [0.2, 0.25) is 0 Å². The van der Waals surface area contributed by atoms with Crippen LogP contribution in [0.4, 0.5) is 5.69 Å². The van der Waals surface area contributed by atoms with Crippen molar-refractivity contribution in [3.8, 4) is 0 Å². The third-order valence-corrected chi connectivity index (χ3v) is 1.57. The van der Waals surface area contributed by atoms with E-state index in [1.165, 1.54) is 17.1 Å². The van der Waals surface area contributed by atoms with E-state index in [4.69, 9.17) is 5.73 Å². The number of aliphatic hydroxyl groups is 1. The highest BCUT2D eigenvalue weighted by atomic mass is 16.5. The minimum absolute atomic E-state index is 0.0516. The lowest BCUT2D eigenvalue weighted by molar-refractivity contribution is -0.153. The fraction of sp³-hybridized carbons (Fsp3) is 0.500. The second-order valence-electron chi connectivity index (χ2n) is 2.76. The third-order valence-electron chi connectivity index (χ3n) is 1.57. The summed E-state index contributed by atoms with van der Waals surface area (Å²) in [6.45, 7) is 1.98. The van der Waals surface area contributed by atoms with Crippen LogP contribution in [0.15, 0.2) is 12.4 Å². The zero-order valence-corrected chi connectivity index (χ0v) is 7.88. The topological polar surface area (TPSA) is 90.4 Å². The van der Waals surface area contributed by atoms with Gasteiger partial charge in [0.25, 0.3) is 0 Å². The third kappa shape index (κ3) is 2.74. The molecule has 0 aliphatic rings. The van der Waals surface area contributed by atoms with E-state index in [1.54, 1.807) is 6.92 Å². The molecule has 0 spiro atoms. The number of nitrogen functional groups attached to an aromatic ring is 1. The number of hydrogen-bond donors (Lipinski definition) is 2. The molecule has 0 aliphatic carbocycles. The van der Waals surface area contributed by atoms with E-state index in [2.05, 4.69) is 9.84 Å². The Hall–Kier alpha value is -1.56. The minimum atomic E-state index is -1.20. The number of esters is 1. The molecule has 0 aliphatic heterocycles. The summed E-state index contributed by atoms with van der Waals surface area (Å²) in [5.74, 6) is -0.651. The molecular weight excluding hydrogens is 186 g/mol. The summed E-state index contributed by atoms with van der Waals surface area (Å²) in [4.78, 5) is 11.0. The molecule has 3 N–H and O–H groups in total. The summed E-state index contributed by atoms with van der Waals surface area (Å²) in [6.07, 6.45) is 1.77. The Labute approximate surface area is 81.3 Å². The van der Waals surface area contributed by atoms with E-state index in [0.717, 1.165) is 0 Å². The van der Waals surface area contributed by atoms with E-state index in [9.17, 15) is 9.90 Å². The molecule has 0 bridgehead atoms. The fourth-order valence-electron chi connectivity index (χ4n) is 0.970. The Morgan fingerprint density at radius 1 is 1.86 bits per heavy atom. The first-order valence-electron chi connectivity index (χ1n) is 4.26. The lowest BCUT2D eigenvalue weighted by Gasteiger charge is -2.08. The van der Waals surface area contributed by atoms with Crippen molar-refractivity contribution >= 4 is 11.7 Å². The summed E-state index contributed by atoms with van der Waals surface area (Å²) in [7, 11) is 0.